The fraction of sp³-hybridized carbons (Fsp3) is 0.462. The maximum Gasteiger partial charge on any atom is 0.169 e. The highest BCUT2D eigenvalue weighted by Gasteiger charge is 2.26. The van der Waals surface area contributed by atoms with Crippen LogP contribution < -0.4 is 5.73 Å². The number of ketones is 1. The summed E-state index contributed by atoms with van der Waals surface area (Å²) in [6, 6.07) is 7.77. The highest BCUT2D eigenvalue weighted by Crippen LogP contribution is 2.20. The summed E-state index contributed by atoms with van der Waals surface area (Å²) in [7, 11) is 0. The van der Waals surface area contributed by atoms with Gasteiger partial charge in [0.2, 0.25) is 0 Å². The van der Waals surface area contributed by atoms with Crippen molar-refractivity contribution in [3.63, 3.8) is 0 Å². The highest BCUT2D eigenvalue weighted by atomic mass is 16.1. The molecule has 0 unspecified atom stereocenters. The number of hydrogen-bond acceptors (Lipinski definition) is 2. The Morgan fingerprint density at radius 2 is 1.80 bits per heavy atom. The molecule has 2 N–H and O–H groups in total. The lowest BCUT2D eigenvalue weighted by atomic mass is 9.84. The van der Waals surface area contributed by atoms with Crippen LogP contribution in [0.5, 0.6) is 0 Å². The van der Waals surface area contributed by atoms with Gasteiger partial charge in [-0.15, -0.1) is 0 Å². The summed E-state index contributed by atoms with van der Waals surface area (Å²) < 4.78 is 0. The smallest absolute Gasteiger partial charge is 0.169 e. The summed E-state index contributed by atoms with van der Waals surface area (Å²) in [5, 5.41) is 0. The zero-order valence-corrected chi connectivity index (χ0v) is 9.71. The highest BCUT2D eigenvalue weighted by molar-refractivity contribution is 6.00. The van der Waals surface area contributed by atoms with Crippen LogP contribution in [0, 0.1) is 5.41 Å². The fourth-order valence-corrected chi connectivity index (χ4v) is 1.38. The molecule has 0 aliphatic carbocycles. The van der Waals surface area contributed by atoms with Gasteiger partial charge in [-0.2, -0.15) is 0 Å². The van der Waals surface area contributed by atoms with E-state index in [0.717, 1.165) is 12.0 Å². The Morgan fingerprint density at radius 1 is 1.27 bits per heavy atom. The average molecular weight is 205 g/mol. The van der Waals surface area contributed by atoms with Crippen molar-refractivity contribution in [1.29, 1.82) is 0 Å². The van der Waals surface area contributed by atoms with E-state index in [1.807, 2.05) is 38.1 Å². The van der Waals surface area contributed by atoms with Gasteiger partial charge in [-0.25, -0.2) is 0 Å². The lowest BCUT2D eigenvalue weighted by Gasteiger charge is -2.20. The van der Waals surface area contributed by atoms with Crippen molar-refractivity contribution >= 4 is 5.78 Å². The molecule has 82 valence electrons. The van der Waals surface area contributed by atoms with Crippen LogP contribution in [-0.2, 0) is 6.42 Å². The first-order valence-corrected chi connectivity index (χ1v) is 5.35. The minimum atomic E-state index is -0.465. The van der Waals surface area contributed by atoms with Gasteiger partial charge in [0.1, 0.15) is 0 Å². The Balaban J connectivity index is 2.92. The summed E-state index contributed by atoms with van der Waals surface area (Å²) in [4.78, 5) is 12.0. The SMILES string of the molecule is CCc1ccc(C(=O)C(C)(C)CN)cc1. The van der Waals surface area contributed by atoms with Crippen LogP contribution in [0.3, 0.4) is 0 Å². The van der Waals surface area contributed by atoms with E-state index in [9.17, 15) is 4.79 Å². The summed E-state index contributed by atoms with van der Waals surface area (Å²) in [5.74, 6) is 0.118. The van der Waals surface area contributed by atoms with Crippen molar-refractivity contribution in [3.8, 4) is 0 Å². The predicted molar refractivity (Wildman–Crippen MR) is 63.0 cm³/mol. The van der Waals surface area contributed by atoms with Crippen LogP contribution in [-0.4, -0.2) is 12.3 Å². The molecule has 0 aromatic heterocycles. The maximum absolute atomic E-state index is 12.0. The van der Waals surface area contributed by atoms with Gasteiger partial charge < -0.3 is 5.73 Å². The Kier molecular flexibility index (Phi) is 3.64. The van der Waals surface area contributed by atoms with E-state index in [1.54, 1.807) is 0 Å². The third kappa shape index (κ3) is 2.66. The molecule has 0 bridgehead atoms. The number of aryl methyl sites for hydroxylation is 1. The molecule has 0 heterocycles. The van der Waals surface area contributed by atoms with E-state index < -0.39 is 5.41 Å². The van der Waals surface area contributed by atoms with E-state index in [4.69, 9.17) is 5.73 Å². The van der Waals surface area contributed by atoms with Gasteiger partial charge in [-0.3, -0.25) is 4.79 Å². The Hall–Kier alpha value is -1.15. The molecule has 0 radical (unpaired) electrons. The van der Waals surface area contributed by atoms with Gasteiger partial charge in [0.05, 0.1) is 0 Å². The van der Waals surface area contributed by atoms with E-state index in [-0.39, 0.29) is 5.78 Å². The Bertz CT molecular complexity index is 338. The van der Waals surface area contributed by atoms with Crippen LogP contribution in [0.15, 0.2) is 24.3 Å². The Morgan fingerprint density at radius 3 is 2.20 bits per heavy atom. The summed E-state index contributed by atoms with van der Waals surface area (Å²) in [6.45, 7) is 6.23. The number of carbonyl (C=O) groups is 1. The minimum absolute atomic E-state index is 0.118. The average Bonchev–Trinajstić information content (AvgIpc) is 2.28. The molecule has 0 amide bonds. The molecule has 2 nitrogen and oxygen atoms in total. The molecule has 0 spiro atoms. The molecule has 0 saturated heterocycles. The van der Waals surface area contributed by atoms with Crippen LogP contribution >= 0.6 is 0 Å². The monoisotopic (exact) mass is 205 g/mol. The molecule has 0 aliphatic rings. The van der Waals surface area contributed by atoms with Crippen molar-refractivity contribution in [1.82, 2.24) is 0 Å². The summed E-state index contributed by atoms with van der Waals surface area (Å²) in [6.07, 6.45) is 0.995. The molecular formula is C13H19NO. The minimum Gasteiger partial charge on any atom is -0.329 e. The number of carbonyl (C=O) groups excluding carboxylic acids is 1. The van der Waals surface area contributed by atoms with Gasteiger partial charge in [-0.1, -0.05) is 45.0 Å². The topological polar surface area (TPSA) is 43.1 Å². The molecule has 0 fully saturated rings. The van der Waals surface area contributed by atoms with Crippen molar-refractivity contribution < 1.29 is 4.79 Å². The largest absolute Gasteiger partial charge is 0.329 e. The van der Waals surface area contributed by atoms with Crippen molar-refractivity contribution in [2.75, 3.05) is 6.54 Å². The number of nitrogens with two attached hydrogens (primary N) is 1. The maximum atomic E-state index is 12.0. The second kappa shape index (κ2) is 4.58. The first kappa shape index (κ1) is 11.9. The van der Waals surface area contributed by atoms with E-state index in [1.165, 1.54) is 5.56 Å². The fourth-order valence-electron chi connectivity index (χ4n) is 1.38. The van der Waals surface area contributed by atoms with Crippen LogP contribution in [0.25, 0.3) is 0 Å². The Labute approximate surface area is 91.5 Å². The first-order chi connectivity index (χ1) is 7.01. The standard InChI is InChI=1S/C13H19NO/c1-4-10-5-7-11(8-6-10)12(15)13(2,3)9-14/h5-8H,4,9,14H2,1-3H3. The molecule has 2 heteroatoms. The quantitative estimate of drug-likeness (QED) is 0.767. The van der Waals surface area contributed by atoms with Crippen molar-refractivity contribution in [2.24, 2.45) is 11.1 Å². The van der Waals surface area contributed by atoms with Crippen molar-refractivity contribution in [2.45, 2.75) is 27.2 Å². The van der Waals surface area contributed by atoms with Crippen LogP contribution in [0.1, 0.15) is 36.7 Å². The second-order valence-corrected chi connectivity index (χ2v) is 4.47. The summed E-state index contributed by atoms with van der Waals surface area (Å²) >= 11 is 0. The molecule has 15 heavy (non-hydrogen) atoms. The molecule has 1 aromatic carbocycles. The van der Waals surface area contributed by atoms with E-state index in [2.05, 4.69) is 6.92 Å². The zero-order chi connectivity index (χ0) is 11.5. The number of hydrogen-bond donors (Lipinski definition) is 1. The normalized spacial score (nSPS) is 11.5. The van der Waals surface area contributed by atoms with Gasteiger partial charge >= 0.3 is 0 Å². The molecular weight excluding hydrogens is 186 g/mol. The number of Topliss-reactive ketones (excluding diaryl/α,β-unsaturated/α-hetero) is 1. The van der Waals surface area contributed by atoms with Gasteiger partial charge in [0, 0.05) is 17.5 Å². The molecule has 0 atom stereocenters. The molecule has 1 aromatic rings. The van der Waals surface area contributed by atoms with Crippen molar-refractivity contribution in [3.05, 3.63) is 35.4 Å². The van der Waals surface area contributed by atoms with Gasteiger partial charge in [0.15, 0.2) is 5.78 Å². The zero-order valence-electron chi connectivity index (χ0n) is 9.71. The van der Waals surface area contributed by atoms with Crippen LogP contribution in [0.2, 0.25) is 0 Å². The lowest BCUT2D eigenvalue weighted by molar-refractivity contribution is 0.0847. The number of benzene rings is 1. The third-order valence-corrected chi connectivity index (χ3v) is 2.75. The third-order valence-electron chi connectivity index (χ3n) is 2.75. The van der Waals surface area contributed by atoms with Gasteiger partial charge in [0.25, 0.3) is 0 Å². The molecule has 1 rings (SSSR count). The predicted octanol–water partition coefficient (Wildman–Crippen LogP) is 2.42. The van der Waals surface area contributed by atoms with Gasteiger partial charge in [-0.05, 0) is 12.0 Å². The van der Waals surface area contributed by atoms with E-state index >= 15 is 0 Å². The summed E-state index contributed by atoms with van der Waals surface area (Å²) in [5.41, 5.74) is 7.12. The second-order valence-electron chi connectivity index (χ2n) is 4.47. The van der Waals surface area contributed by atoms with E-state index in [0.29, 0.717) is 6.54 Å². The number of rotatable bonds is 4. The van der Waals surface area contributed by atoms with Crippen LogP contribution in [0.4, 0.5) is 0 Å². The lowest BCUT2D eigenvalue weighted by Crippen LogP contribution is -2.32. The molecule has 0 saturated carbocycles. The first-order valence-electron chi connectivity index (χ1n) is 5.35. The molecule has 0 aliphatic heterocycles.